The predicted octanol–water partition coefficient (Wildman–Crippen LogP) is 3.94. The molecule has 4 rings (SSSR count). The molecule has 0 amide bonds. The zero-order valence-electron chi connectivity index (χ0n) is 13.4. The maximum atomic E-state index is 12.6. The number of fused-ring (bicyclic) bond motifs is 1. The molecule has 0 bridgehead atoms. The van der Waals surface area contributed by atoms with E-state index in [1.54, 1.807) is 25.4 Å². The monoisotopic (exact) mass is 333 g/mol. The smallest absolute Gasteiger partial charge is 0.191 e. The molecule has 2 aromatic heterocycles. The highest BCUT2D eigenvalue weighted by Gasteiger charge is 2.13. The number of nitrogens with one attached hydrogen (secondary N) is 2. The van der Waals surface area contributed by atoms with Gasteiger partial charge in [0, 0.05) is 23.2 Å². The van der Waals surface area contributed by atoms with Crippen molar-refractivity contribution < 1.29 is 9.15 Å². The first-order chi connectivity index (χ1) is 12.2. The van der Waals surface area contributed by atoms with Crippen molar-refractivity contribution in [1.82, 2.24) is 9.97 Å². The van der Waals surface area contributed by atoms with Crippen LogP contribution in [0.15, 0.2) is 70.3 Å². The highest BCUT2D eigenvalue weighted by molar-refractivity contribution is 5.88. The van der Waals surface area contributed by atoms with E-state index in [0.717, 1.165) is 5.69 Å². The van der Waals surface area contributed by atoms with Crippen molar-refractivity contribution in [3.8, 4) is 17.1 Å². The Labute approximate surface area is 143 Å². The standard InChI is InChI=1S/C19H15N3O3/c1-24-17-8-15-13(7-14(17)18-10-20-11-25-18)16(23)9-19(22-15)21-12-5-3-2-4-6-12/h2-11H,1H3,(H2,21,22,23). The molecule has 0 spiro atoms. The molecule has 0 aliphatic carbocycles. The Morgan fingerprint density at radius 2 is 2.00 bits per heavy atom. The highest BCUT2D eigenvalue weighted by Crippen LogP contribution is 2.33. The number of aromatic nitrogens is 2. The summed E-state index contributed by atoms with van der Waals surface area (Å²) in [6, 6.07) is 14.7. The number of para-hydroxylation sites is 1. The summed E-state index contributed by atoms with van der Waals surface area (Å²) >= 11 is 0. The summed E-state index contributed by atoms with van der Waals surface area (Å²) in [4.78, 5) is 19.7. The van der Waals surface area contributed by atoms with Crippen LogP contribution in [-0.2, 0) is 0 Å². The Hall–Kier alpha value is -3.54. The third-order valence-corrected chi connectivity index (χ3v) is 3.90. The molecule has 0 saturated heterocycles. The lowest BCUT2D eigenvalue weighted by Gasteiger charge is -2.11. The van der Waals surface area contributed by atoms with Crippen LogP contribution >= 0.6 is 0 Å². The minimum absolute atomic E-state index is 0.101. The first-order valence-electron chi connectivity index (χ1n) is 7.70. The number of hydrogen-bond acceptors (Lipinski definition) is 5. The largest absolute Gasteiger partial charge is 0.496 e. The van der Waals surface area contributed by atoms with Gasteiger partial charge in [-0.3, -0.25) is 4.79 Å². The van der Waals surface area contributed by atoms with Crippen LogP contribution < -0.4 is 15.5 Å². The molecule has 0 atom stereocenters. The average molecular weight is 333 g/mol. The Balaban J connectivity index is 1.84. The highest BCUT2D eigenvalue weighted by atomic mass is 16.5. The van der Waals surface area contributed by atoms with Crippen LogP contribution in [0.4, 0.5) is 11.5 Å². The first-order valence-corrected chi connectivity index (χ1v) is 7.70. The van der Waals surface area contributed by atoms with Crippen molar-refractivity contribution in [2.45, 2.75) is 0 Å². The number of aromatic amines is 1. The summed E-state index contributed by atoms with van der Waals surface area (Å²) in [6.07, 6.45) is 2.93. The SMILES string of the molecule is COc1cc2[nH]c(Nc3ccccc3)cc(=O)c2cc1-c1cnco1. The number of methoxy groups -OCH3 is 1. The fourth-order valence-corrected chi connectivity index (χ4v) is 2.73. The third kappa shape index (κ3) is 2.85. The van der Waals surface area contributed by atoms with Crippen LogP contribution in [0.25, 0.3) is 22.2 Å². The quantitative estimate of drug-likeness (QED) is 0.591. The molecule has 0 radical (unpaired) electrons. The van der Waals surface area contributed by atoms with Crippen molar-refractivity contribution in [3.05, 3.63) is 71.3 Å². The van der Waals surface area contributed by atoms with Crippen molar-refractivity contribution >= 4 is 22.4 Å². The van der Waals surface area contributed by atoms with Gasteiger partial charge in [-0.05, 0) is 18.2 Å². The Bertz CT molecular complexity index is 1070. The minimum Gasteiger partial charge on any atom is -0.496 e. The molecular weight excluding hydrogens is 318 g/mol. The molecule has 0 saturated carbocycles. The van der Waals surface area contributed by atoms with Crippen molar-refractivity contribution in [1.29, 1.82) is 0 Å². The summed E-state index contributed by atoms with van der Waals surface area (Å²) in [5.74, 6) is 1.75. The van der Waals surface area contributed by atoms with Crippen LogP contribution in [0.1, 0.15) is 0 Å². The molecule has 2 N–H and O–H groups in total. The van der Waals surface area contributed by atoms with Gasteiger partial charge in [0.1, 0.15) is 11.6 Å². The maximum absolute atomic E-state index is 12.6. The second-order valence-electron chi connectivity index (χ2n) is 5.50. The minimum atomic E-state index is -0.101. The van der Waals surface area contributed by atoms with Crippen LogP contribution in [0.5, 0.6) is 5.75 Å². The summed E-state index contributed by atoms with van der Waals surface area (Å²) in [7, 11) is 1.57. The third-order valence-electron chi connectivity index (χ3n) is 3.90. The molecule has 6 nitrogen and oxygen atoms in total. The number of oxazole rings is 1. The number of pyridine rings is 1. The van der Waals surface area contributed by atoms with Gasteiger partial charge >= 0.3 is 0 Å². The predicted molar refractivity (Wildman–Crippen MR) is 96.3 cm³/mol. The number of anilines is 2. The normalized spacial score (nSPS) is 10.8. The zero-order valence-corrected chi connectivity index (χ0v) is 13.4. The molecule has 25 heavy (non-hydrogen) atoms. The summed E-state index contributed by atoms with van der Waals surface area (Å²) in [5, 5.41) is 3.74. The van der Waals surface area contributed by atoms with Gasteiger partial charge in [-0.15, -0.1) is 0 Å². The molecule has 2 aromatic carbocycles. The fraction of sp³-hybridized carbons (Fsp3) is 0.0526. The van der Waals surface area contributed by atoms with Crippen LogP contribution in [0, 0.1) is 0 Å². The lowest BCUT2D eigenvalue weighted by Crippen LogP contribution is -2.06. The van der Waals surface area contributed by atoms with Crippen LogP contribution in [-0.4, -0.2) is 17.1 Å². The van der Waals surface area contributed by atoms with Crippen molar-refractivity contribution in [2.24, 2.45) is 0 Å². The van der Waals surface area contributed by atoms with E-state index in [-0.39, 0.29) is 5.43 Å². The second-order valence-corrected chi connectivity index (χ2v) is 5.50. The van der Waals surface area contributed by atoms with Gasteiger partial charge in [0.15, 0.2) is 17.6 Å². The Morgan fingerprint density at radius 3 is 2.72 bits per heavy atom. The van der Waals surface area contributed by atoms with E-state index in [1.165, 1.54) is 12.5 Å². The zero-order chi connectivity index (χ0) is 17.2. The molecule has 0 unspecified atom stereocenters. The number of benzene rings is 2. The van der Waals surface area contributed by atoms with Gasteiger partial charge in [0.05, 0.1) is 24.4 Å². The summed E-state index contributed by atoms with van der Waals surface area (Å²) in [6.45, 7) is 0. The lowest BCUT2D eigenvalue weighted by molar-refractivity contribution is 0.415. The molecular formula is C19H15N3O3. The van der Waals surface area contributed by atoms with Crippen molar-refractivity contribution in [2.75, 3.05) is 12.4 Å². The van der Waals surface area contributed by atoms with E-state index < -0.39 is 0 Å². The Morgan fingerprint density at radius 1 is 1.16 bits per heavy atom. The van der Waals surface area contributed by atoms with Crippen LogP contribution in [0.3, 0.4) is 0 Å². The maximum Gasteiger partial charge on any atom is 0.191 e. The number of hydrogen-bond donors (Lipinski definition) is 2. The first kappa shape index (κ1) is 15.0. The van der Waals surface area contributed by atoms with Gasteiger partial charge in [-0.1, -0.05) is 18.2 Å². The molecule has 0 aliphatic rings. The number of rotatable bonds is 4. The molecule has 4 aromatic rings. The van der Waals surface area contributed by atoms with Gasteiger partial charge in [0.25, 0.3) is 0 Å². The lowest BCUT2D eigenvalue weighted by atomic mass is 10.1. The number of nitrogens with zero attached hydrogens (tertiary/aromatic N) is 1. The second kappa shape index (κ2) is 6.16. The molecule has 6 heteroatoms. The van der Waals surface area contributed by atoms with Gasteiger partial charge in [0.2, 0.25) is 0 Å². The van der Waals surface area contributed by atoms with E-state index in [9.17, 15) is 4.79 Å². The molecule has 124 valence electrons. The van der Waals surface area contributed by atoms with E-state index >= 15 is 0 Å². The number of ether oxygens (including phenoxy) is 1. The number of H-pyrrole nitrogens is 1. The van der Waals surface area contributed by atoms with Gasteiger partial charge in [-0.25, -0.2) is 4.98 Å². The molecule has 0 fully saturated rings. The molecule has 2 heterocycles. The van der Waals surface area contributed by atoms with E-state index in [4.69, 9.17) is 9.15 Å². The van der Waals surface area contributed by atoms with Gasteiger partial charge in [-0.2, -0.15) is 0 Å². The summed E-state index contributed by atoms with van der Waals surface area (Å²) in [5.41, 5.74) is 2.14. The Kier molecular flexibility index (Phi) is 3.70. The van der Waals surface area contributed by atoms with E-state index in [1.807, 2.05) is 30.3 Å². The summed E-state index contributed by atoms with van der Waals surface area (Å²) < 4.78 is 10.8. The van der Waals surface area contributed by atoms with E-state index in [2.05, 4.69) is 15.3 Å². The molecule has 0 aliphatic heterocycles. The van der Waals surface area contributed by atoms with Gasteiger partial charge < -0.3 is 19.5 Å². The van der Waals surface area contributed by atoms with Crippen molar-refractivity contribution in [3.63, 3.8) is 0 Å². The fourth-order valence-electron chi connectivity index (χ4n) is 2.73. The van der Waals surface area contributed by atoms with E-state index in [0.29, 0.717) is 33.8 Å². The van der Waals surface area contributed by atoms with Crippen LogP contribution in [0.2, 0.25) is 0 Å². The average Bonchev–Trinajstić information content (AvgIpc) is 3.16. The topological polar surface area (TPSA) is 80.1 Å².